The molecule has 0 fully saturated rings. The van der Waals surface area contributed by atoms with Gasteiger partial charge in [0, 0.05) is 15.8 Å². The van der Waals surface area contributed by atoms with Crippen LogP contribution in [0.3, 0.4) is 0 Å². The molecule has 0 radical (unpaired) electrons. The number of aromatic nitrogens is 4. The van der Waals surface area contributed by atoms with Gasteiger partial charge in [-0.1, -0.05) is 6.92 Å². The van der Waals surface area contributed by atoms with E-state index in [2.05, 4.69) is 27.1 Å². The van der Waals surface area contributed by atoms with E-state index in [9.17, 15) is 4.39 Å². The van der Waals surface area contributed by atoms with E-state index < -0.39 is 0 Å². The van der Waals surface area contributed by atoms with Crippen LogP contribution in [-0.2, 0) is 12.8 Å². The van der Waals surface area contributed by atoms with Crippen LogP contribution < -0.4 is 0 Å². The van der Waals surface area contributed by atoms with Crippen molar-refractivity contribution in [2.24, 2.45) is 5.92 Å². The fraction of sp³-hybridized carbons (Fsp3) is 0.263. The molecule has 0 bridgehead atoms. The third-order valence-corrected chi connectivity index (χ3v) is 6.74. The van der Waals surface area contributed by atoms with Gasteiger partial charge in [-0.15, -0.1) is 21.5 Å². The summed E-state index contributed by atoms with van der Waals surface area (Å²) >= 11 is 3.12. The van der Waals surface area contributed by atoms with Crippen LogP contribution >= 0.6 is 23.1 Å². The molecule has 5 rings (SSSR count). The van der Waals surface area contributed by atoms with Crippen molar-refractivity contribution in [3.05, 3.63) is 46.9 Å². The van der Waals surface area contributed by atoms with Crippen molar-refractivity contribution in [1.82, 2.24) is 20.2 Å². The van der Waals surface area contributed by atoms with Gasteiger partial charge in [0.25, 0.3) is 5.22 Å². The molecule has 0 amide bonds. The molecule has 1 aliphatic rings. The summed E-state index contributed by atoms with van der Waals surface area (Å²) in [6, 6.07) is 5.99. The zero-order valence-corrected chi connectivity index (χ0v) is 16.1. The predicted octanol–water partition coefficient (Wildman–Crippen LogP) is 5.16. The summed E-state index contributed by atoms with van der Waals surface area (Å²) in [4.78, 5) is 11.4. The van der Waals surface area contributed by atoms with Gasteiger partial charge in [-0.25, -0.2) is 14.4 Å². The summed E-state index contributed by atoms with van der Waals surface area (Å²) < 4.78 is 18.9. The molecule has 0 spiro atoms. The van der Waals surface area contributed by atoms with Gasteiger partial charge in [0.1, 0.15) is 22.0 Å². The first-order valence-electron chi connectivity index (χ1n) is 8.70. The Morgan fingerprint density at radius 1 is 1.19 bits per heavy atom. The van der Waals surface area contributed by atoms with E-state index >= 15 is 0 Å². The third kappa shape index (κ3) is 3.12. The molecule has 1 aromatic carbocycles. The van der Waals surface area contributed by atoms with Gasteiger partial charge >= 0.3 is 0 Å². The van der Waals surface area contributed by atoms with Crippen molar-refractivity contribution < 1.29 is 8.81 Å². The number of rotatable bonds is 3. The quantitative estimate of drug-likeness (QED) is 0.444. The Hall–Kier alpha value is -2.32. The molecule has 5 nitrogen and oxygen atoms in total. The summed E-state index contributed by atoms with van der Waals surface area (Å²) in [6.45, 7) is 2.30. The average molecular weight is 398 g/mol. The van der Waals surface area contributed by atoms with E-state index in [1.807, 2.05) is 0 Å². The van der Waals surface area contributed by atoms with Crippen LogP contribution in [0.4, 0.5) is 4.39 Å². The largest absolute Gasteiger partial charge is 0.411 e. The number of aryl methyl sites for hydroxylation is 1. The van der Waals surface area contributed by atoms with Gasteiger partial charge in [0.15, 0.2) is 0 Å². The number of thiophene rings is 1. The Balaban J connectivity index is 1.49. The predicted molar refractivity (Wildman–Crippen MR) is 102 cm³/mol. The molecule has 3 aromatic heterocycles. The minimum Gasteiger partial charge on any atom is -0.411 e. The van der Waals surface area contributed by atoms with Crippen LogP contribution in [0.5, 0.6) is 0 Å². The maximum Gasteiger partial charge on any atom is 0.283 e. The highest BCUT2D eigenvalue weighted by atomic mass is 32.2. The molecule has 0 saturated heterocycles. The van der Waals surface area contributed by atoms with Gasteiger partial charge in [-0.2, -0.15) is 0 Å². The molecule has 136 valence electrons. The summed E-state index contributed by atoms with van der Waals surface area (Å²) in [7, 11) is 0. The van der Waals surface area contributed by atoms with Gasteiger partial charge < -0.3 is 4.42 Å². The first-order chi connectivity index (χ1) is 13.2. The lowest BCUT2D eigenvalue weighted by molar-refractivity contribution is 0.465. The molecule has 0 aliphatic heterocycles. The smallest absolute Gasteiger partial charge is 0.283 e. The van der Waals surface area contributed by atoms with E-state index in [0.717, 1.165) is 28.1 Å². The van der Waals surface area contributed by atoms with Crippen molar-refractivity contribution in [2.75, 3.05) is 0 Å². The van der Waals surface area contributed by atoms with E-state index in [0.29, 0.717) is 22.6 Å². The third-order valence-electron chi connectivity index (χ3n) is 4.74. The number of hydrogen-bond donors (Lipinski definition) is 0. The molecule has 1 aliphatic carbocycles. The summed E-state index contributed by atoms with van der Waals surface area (Å²) in [5, 5.41) is 10.6. The maximum absolute atomic E-state index is 13.1. The van der Waals surface area contributed by atoms with Crippen LogP contribution in [0.25, 0.3) is 21.7 Å². The molecular weight excluding hydrogens is 383 g/mol. The van der Waals surface area contributed by atoms with Crippen molar-refractivity contribution in [3.8, 4) is 11.5 Å². The molecule has 3 heterocycles. The highest BCUT2D eigenvalue weighted by Crippen LogP contribution is 2.42. The summed E-state index contributed by atoms with van der Waals surface area (Å²) in [5.74, 6) is 0.778. The Kier molecular flexibility index (Phi) is 4.17. The molecule has 0 saturated carbocycles. The maximum atomic E-state index is 13.1. The molecule has 8 heteroatoms. The SMILES string of the molecule is C[C@H]1CCc2c(sc3ncnc(Sc4nnc(-c5ccc(F)cc5)o4)c23)C1. The monoisotopic (exact) mass is 398 g/mol. The Morgan fingerprint density at radius 2 is 2.04 bits per heavy atom. The van der Waals surface area contributed by atoms with E-state index in [1.165, 1.54) is 40.8 Å². The lowest BCUT2D eigenvalue weighted by Crippen LogP contribution is -2.08. The lowest BCUT2D eigenvalue weighted by atomic mass is 9.89. The lowest BCUT2D eigenvalue weighted by Gasteiger charge is -2.17. The second kappa shape index (κ2) is 6.69. The van der Waals surface area contributed by atoms with Gasteiger partial charge in [0.05, 0.1) is 0 Å². The highest BCUT2D eigenvalue weighted by molar-refractivity contribution is 7.99. The van der Waals surface area contributed by atoms with E-state index in [4.69, 9.17) is 4.42 Å². The van der Waals surface area contributed by atoms with Crippen LogP contribution in [0.15, 0.2) is 45.3 Å². The number of halogens is 1. The second-order valence-electron chi connectivity index (χ2n) is 6.69. The standard InChI is InChI=1S/C19H15FN4OS2/c1-10-2-7-13-14(8-10)26-17-15(13)18(22-9-21-17)27-19-24-23-16(25-19)11-3-5-12(20)6-4-11/h3-6,9-10H,2,7-8H2,1H3/t10-/m0/s1. The number of benzene rings is 1. The van der Waals surface area contributed by atoms with E-state index in [1.54, 1.807) is 29.8 Å². The molecular formula is C19H15FN4OS2. The normalized spacial score (nSPS) is 16.6. The minimum absolute atomic E-state index is 0.298. The van der Waals surface area contributed by atoms with Crippen molar-refractivity contribution >= 4 is 33.3 Å². The summed E-state index contributed by atoms with van der Waals surface area (Å²) in [6.07, 6.45) is 4.94. The zero-order valence-electron chi connectivity index (χ0n) is 14.5. The fourth-order valence-corrected chi connectivity index (χ4v) is 5.57. The molecule has 0 N–H and O–H groups in total. The highest BCUT2D eigenvalue weighted by Gasteiger charge is 2.24. The van der Waals surface area contributed by atoms with Crippen LogP contribution in [0.1, 0.15) is 23.8 Å². The molecule has 0 unspecified atom stereocenters. The summed E-state index contributed by atoms with van der Waals surface area (Å²) in [5.41, 5.74) is 2.06. The first kappa shape index (κ1) is 16.8. The van der Waals surface area contributed by atoms with Gasteiger partial charge in [0.2, 0.25) is 5.89 Å². The number of fused-ring (bicyclic) bond motifs is 3. The second-order valence-corrected chi connectivity index (χ2v) is 8.72. The first-order valence-corrected chi connectivity index (χ1v) is 10.3. The van der Waals surface area contributed by atoms with Crippen LogP contribution in [0.2, 0.25) is 0 Å². The zero-order chi connectivity index (χ0) is 18.4. The van der Waals surface area contributed by atoms with Gasteiger partial charge in [-0.05, 0) is 66.8 Å². The topological polar surface area (TPSA) is 64.7 Å². The van der Waals surface area contributed by atoms with Crippen molar-refractivity contribution in [3.63, 3.8) is 0 Å². The van der Waals surface area contributed by atoms with Crippen LogP contribution in [-0.4, -0.2) is 20.2 Å². The van der Waals surface area contributed by atoms with E-state index in [-0.39, 0.29) is 5.82 Å². The van der Waals surface area contributed by atoms with Crippen LogP contribution in [0, 0.1) is 11.7 Å². The average Bonchev–Trinajstić information content (AvgIpc) is 3.26. The Labute approximate surface area is 163 Å². The number of hydrogen-bond acceptors (Lipinski definition) is 7. The Morgan fingerprint density at radius 3 is 2.89 bits per heavy atom. The molecule has 4 aromatic rings. The van der Waals surface area contributed by atoms with Gasteiger partial charge in [-0.3, -0.25) is 0 Å². The number of nitrogens with zero attached hydrogens (tertiary/aromatic N) is 4. The van der Waals surface area contributed by atoms with Crippen molar-refractivity contribution in [2.45, 2.75) is 36.4 Å². The minimum atomic E-state index is -0.298. The molecule has 27 heavy (non-hydrogen) atoms. The molecule has 1 atom stereocenters. The fourth-order valence-electron chi connectivity index (χ4n) is 3.37. The Bertz CT molecular complexity index is 1120. The van der Waals surface area contributed by atoms with Crippen molar-refractivity contribution in [1.29, 1.82) is 0 Å².